The van der Waals surface area contributed by atoms with Gasteiger partial charge in [0.2, 0.25) is 0 Å². The molecule has 20 heavy (non-hydrogen) atoms. The van der Waals surface area contributed by atoms with Gasteiger partial charge in [-0.2, -0.15) is 0 Å². The van der Waals surface area contributed by atoms with Crippen LogP contribution < -0.4 is 10.1 Å². The smallest absolute Gasteiger partial charge is 0.120 e. The van der Waals surface area contributed by atoms with Crippen molar-refractivity contribution in [2.45, 2.75) is 45.1 Å². The summed E-state index contributed by atoms with van der Waals surface area (Å²) in [6.45, 7) is 3.77. The fraction of sp³-hybridized carbons (Fsp3) is 0.529. The van der Waals surface area contributed by atoms with Crippen LogP contribution in [0.2, 0.25) is 5.02 Å². The third-order valence-corrected chi connectivity index (χ3v) is 3.92. The predicted molar refractivity (Wildman–Crippen MR) is 85.6 cm³/mol. The maximum Gasteiger partial charge on any atom is 0.120 e. The Morgan fingerprint density at radius 2 is 2.20 bits per heavy atom. The van der Waals surface area contributed by atoms with Crippen molar-refractivity contribution in [3.8, 4) is 5.75 Å². The van der Waals surface area contributed by atoms with Crippen LogP contribution in [0, 0.1) is 0 Å². The highest BCUT2D eigenvalue weighted by Crippen LogP contribution is 2.22. The van der Waals surface area contributed by atoms with E-state index >= 15 is 0 Å². The summed E-state index contributed by atoms with van der Waals surface area (Å²) in [4.78, 5) is 0. The summed E-state index contributed by atoms with van der Waals surface area (Å²) < 4.78 is 5.91. The number of nitrogens with one attached hydrogen (secondary N) is 1. The van der Waals surface area contributed by atoms with Crippen LogP contribution in [0.3, 0.4) is 0 Å². The van der Waals surface area contributed by atoms with Crippen molar-refractivity contribution in [1.82, 2.24) is 5.32 Å². The minimum absolute atomic E-state index is 0.317. The Bertz CT molecular complexity index is 444. The number of hydrogen-bond acceptors (Lipinski definition) is 2. The molecule has 0 amide bonds. The molecule has 1 unspecified atom stereocenters. The summed E-state index contributed by atoms with van der Waals surface area (Å²) in [6, 6.07) is 7.93. The minimum Gasteiger partial charge on any atom is -0.492 e. The lowest BCUT2D eigenvalue weighted by molar-refractivity contribution is 0.280. The molecule has 0 radical (unpaired) electrons. The Kier molecular flexibility index (Phi) is 6.41. The van der Waals surface area contributed by atoms with Crippen molar-refractivity contribution in [2.24, 2.45) is 0 Å². The van der Waals surface area contributed by atoms with Gasteiger partial charge in [0.15, 0.2) is 0 Å². The normalized spacial score (nSPS) is 17.2. The number of halogens is 1. The molecule has 0 heterocycles. The molecule has 1 aliphatic rings. The summed E-state index contributed by atoms with van der Waals surface area (Å²) in [5, 5.41) is 4.26. The van der Waals surface area contributed by atoms with Gasteiger partial charge >= 0.3 is 0 Å². The SMILES string of the molecule is CCNC(COc1cccc(Cl)c1)C1=CCCCCC1. The van der Waals surface area contributed by atoms with Gasteiger partial charge < -0.3 is 10.1 Å². The quantitative estimate of drug-likeness (QED) is 0.775. The van der Waals surface area contributed by atoms with E-state index in [1.165, 1.54) is 37.7 Å². The maximum atomic E-state index is 5.98. The molecule has 2 rings (SSSR count). The lowest BCUT2D eigenvalue weighted by Gasteiger charge is -2.21. The third-order valence-electron chi connectivity index (χ3n) is 3.69. The second kappa shape index (κ2) is 8.33. The zero-order chi connectivity index (χ0) is 14.2. The number of benzene rings is 1. The topological polar surface area (TPSA) is 21.3 Å². The fourth-order valence-electron chi connectivity index (χ4n) is 2.64. The van der Waals surface area contributed by atoms with E-state index in [1.807, 2.05) is 24.3 Å². The largest absolute Gasteiger partial charge is 0.492 e. The van der Waals surface area contributed by atoms with E-state index in [2.05, 4.69) is 18.3 Å². The number of ether oxygens (including phenoxy) is 1. The van der Waals surface area contributed by atoms with E-state index in [9.17, 15) is 0 Å². The van der Waals surface area contributed by atoms with Gasteiger partial charge in [0.05, 0.1) is 6.04 Å². The van der Waals surface area contributed by atoms with Crippen LogP contribution in [-0.4, -0.2) is 19.2 Å². The van der Waals surface area contributed by atoms with Crippen molar-refractivity contribution in [2.75, 3.05) is 13.2 Å². The molecule has 1 N–H and O–H groups in total. The summed E-state index contributed by atoms with van der Waals surface area (Å²) >= 11 is 5.98. The molecule has 1 aliphatic carbocycles. The van der Waals surface area contributed by atoms with E-state index in [-0.39, 0.29) is 0 Å². The highest BCUT2D eigenvalue weighted by Gasteiger charge is 2.15. The maximum absolute atomic E-state index is 5.98. The van der Waals surface area contributed by atoms with Crippen LogP contribution in [-0.2, 0) is 0 Å². The van der Waals surface area contributed by atoms with Gasteiger partial charge in [-0.1, -0.05) is 42.7 Å². The number of likely N-dealkylation sites (N-methyl/N-ethyl adjacent to an activating group) is 1. The van der Waals surface area contributed by atoms with Gasteiger partial charge in [-0.25, -0.2) is 0 Å². The van der Waals surface area contributed by atoms with Crippen molar-refractivity contribution in [1.29, 1.82) is 0 Å². The molecule has 2 nitrogen and oxygen atoms in total. The summed E-state index contributed by atoms with van der Waals surface area (Å²) in [6.07, 6.45) is 8.75. The van der Waals surface area contributed by atoms with E-state index < -0.39 is 0 Å². The Hall–Kier alpha value is -0.990. The average Bonchev–Trinajstić information content (AvgIpc) is 2.72. The molecular weight excluding hydrogens is 270 g/mol. The van der Waals surface area contributed by atoms with E-state index in [0.717, 1.165) is 17.3 Å². The molecule has 1 atom stereocenters. The minimum atomic E-state index is 0.317. The Morgan fingerprint density at radius 1 is 1.30 bits per heavy atom. The van der Waals surface area contributed by atoms with Crippen LogP contribution in [0.4, 0.5) is 0 Å². The van der Waals surface area contributed by atoms with Crippen LogP contribution >= 0.6 is 11.6 Å². The zero-order valence-electron chi connectivity index (χ0n) is 12.2. The zero-order valence-corrected chi connectivity index (χ0v) is 13.0. The van der Waals surface area contributed by atoms with Crippen LogP contribution in [0.5, 0.6) is 5.75 Å². The van der Waals surface area contributed by atoms with E-state index in [4.69, 9.17) is 16.3 Å². The van der Waals surface area contributed by atoms with Gasteiger partial charge in [-0.05, 0) is 50.4 Å². The predicted octanol–water partition coefficient (Wildman–Crippen LogP) is 4.59. The highest BCUT2D eigenvalue weighted by atomic mass is 35.5. The van der Waals surface area contributed by atoms with Crippen molar-refractivity contribution < 1.29 is 4.74 Å². The van der Waals surface area contributed by atoms with Crippen molar-refractivity contribution >= 4 is 11.6 Å². The Morgan fingerprint density at radius 3 is 3.00 bits per heavy atom. The van der Waals surface area contributed by atoms with E-state index in [1.54, 1.807) is 0 Å². The summed E-state index contributed by atoms with van der Waals surface area (Å²) in [7, 11) is 0. The third kappa shape index (κ3) is 4.84. The first kappa shape index (κ1) is 15.4. The lowest BCUT2D eigenvalue weighted by atomic mass is 10.0. The molecule has 0 aliphatic heterocycles. The molecule has 0 fully saturated rings. The van der Waals surface area contributed by atoms with Crippen LogP contribution in [0.1, 0.15) is 39.0 Å². The molecule has 0 spiro atoms. The summed E-state index contributed by atoms with van der Waals surface area (Å²) in [5.41, 5.74) is 1.51. The molecule has 0 aromatic heterocycles. The standard InChI is InChI=1S/C17H24ClNO/c1-2-19-17(14-8-5-3-4-6-9-14)13-20-16-11-7-10-15(18)12-16/h7-8,10-12,17,19H,2-6,9,13H2,1H3. The molecule has 1 aromatic carbocycles. The molecule has 1 aromatic rings. The van der Waals surface area contributed by atoms with E-state index in [0.29, 0.717) is 12.6 Å². The first-order valence-electron chi connectivity index (χ1n) is 7.60. The first-order chi connectivity index (χ1) is 9.79. The number of allylic oxidation sites excluding steroid dienone is 1. The average molecular weight is 294 g/mol. The molecular formula is C17H24ClNO. The summed E-state index contributed by atoms with van der Waals surface area (Å²) in [5.74, 6) is 0.842. The van der Waals surface area contributed by atoms with Crippen LogP contribution in [0.15, 0.2) is 35.9 Å². The van der Waals surface area contributed by atoms with Crippen LogP contribution in [0.25, 0.3) is 0 Å². The van der Waals surface area contributed by atoms with Crippen molar-refractivity contribution in [3.63, 3.8) is 0 Å². The molecule has 110 valence electrons. The monoisotopic (exact) mass is 293 g/mol. The Balaban J connectivity index is 1.96. The van der Waals surface area contributed by atoms with Gasteiger partial charge in [-0.15, -0.1) is 0 Å². The second-order valence-corrected chi connectivity index (χ2v) is 5.69. The van der Waals surface area contributed by atoms with Gasteiger partial charge in [-0.3, -0.25) is 0 Å². The fourth-order valence-corrected chi connectivity index (χ4v) is 2.82. The molecule has 0 saturated carbocycles. The van der Waals surface area contributed by atoms with Gasteiger partial charge in [0.1, 0.15) is 12.4 Å². The number of hydrogen-bond donors (Lipinski definition) is 1. The van der Waals surface area contributed by atoms with Crippen molar-refractivity contribution in [3.05, 3.63) is 40.9 Å². The second-order valence-electron chi connectivity index (χ2n) is 5.26. The molecule has 0 bridgehead atoms. The lowest BCUT2D eigenvalue weighted by Crippen LogP contribution is -2.36. The first-order valence-corrected chi connectivity index (χ1v) is 7.98. The molecule has 3 heteroatoms. The highest BCUT2D eigenvalue weighted by molar-refractivity contribution is 6.30. The Labute approximate surface area is 127 Å². The van der Waals surface area contributed by atoms with Gasteiger partial charge in [0, 0.05) is 5.02 Å². The molecule has 0 saturated heterocycles. The number of rotatable bonds is 6. The van der Waals surface area contributed by atoms with Gasteiger partial charge in [0.25, 0.3) is 0 Å².